The minimum absolute atomic E-state index is 0.0363. The van der Waals surface area contributed by atoms with Crippen molar-refractivity contribution in [2.45, 2.75) is 38.3 Å². The topological polar surface area (TPSA) is 84.5 Å². The Labute approximate surface area is 154 Å². The third-order valence-electron chi connectivity index (χ3n) is 3.83. The molecule has 0 saturated heterocycles. The predicted molar refractivity (Wildman–Crippen MR) is 101 cm³/mol. The number of carbonyl (C=O) groups excluding carboxylic acids is 1. The fourth-order valence-electron chi connectivity index (χ4n) is 2.46. The molecule has 7 heteroatoms. The zero-order chi connectivity index (χ0) is 19.3. The maximum atomic E-state index is 12.6. The number of carbonyl (C=O) groups is 1. The maximum Gasteiger partial charge on any atom is 0.251 e. The molecule has 0 heterocycles. The average Bonchev–Trinajstić information content (AvgIpc) is 2.59. The molecule has 0 atom stereocenters. The molecule has 0 aliphatic rings. The molecule has 2 aromatic rings. The molecule has 0 aromatic heterocycles. The van der Waals surface area contributed by atoms with Crippen molar-refractivity contribution in [3.05, 3.63) is 59.2 Å². The van der Waals surface area contributed by atoms with Gasteiger partial charge in [-0.2, -0.15) is 0 Å². The lowest BCUT2D eigenvalue weighted by Gasteiger charge is -2.13. The summed E-state index contributed by atoms with van der Waals surface area (Å²) in [6.07, 6.45) is 0. The van der Waals surface area contributed by atoms with Gasteiger partial charge in [0.05, 0.1) is 12.0 Å². The normalized spacial score (nSPS) is 11.4. The first-order chi connectivity index (χ1) is 12.2. The Hall–Kier alpha value is -2.38. The Morgan fingerprint density at radius 2 is 1.85 bits per heavy atom. The molecule has 0 saturated carbocycles. The number of sulfonamides is 1. The highest BCUT2D eigenvalue weighted by Crippen LogP contribution is 2.19. The summed E-state index contributed by atoms with van der Waals surface area (Å²) in [5.41, 5.74) is 1.79. The number of rotatable bonds is 7. The highest BCUT2D eigenvalue weighted by Gasteiger charge is 2.19. The highest BCUT2D eigenvalue weighted by molar-refractivity contribution is 7.89. The van der Waals surface area contributed by atoms with E-state index in [2.05, 4.69) is 10.0 Å². The van der Waals surface area contributed by atoms with E-state index in [1.165, 1.54) is 19.2 Å². The molecular formula is C19H24N2O4S. The lowest BCUT2D eigenvalue weighted by atomic mass is 10.1. The summed E-state index contributed by atoms with van der Waals surface area (Å²) in [5.74, 6) is 0.315. The molecule has 0 aliphatic heterocycles. The van der Waals surface area contributed by atoms with Crippen LogP contribution in [0.3, 0.4) is 0 Å². The van der Waals surface area contributed by atoms with E-state index >= 15 is 0 Å². The van der Waals surface area contributed by atoms with Crippen molar-refractivity contribution in [2.75, 3.05) is 7.11 Å². The summed E-state index contributed by atoms with van der Waals surface area (Å²) < 4.78 is 33.0. The average molecular weight is 376 g/mol. The molecule has 0 radical (unpaired) electrons. The molecule has 140 valence electrons. The van der Waals surface area contributed by atoms with Gasteiger partial charge >= 0.3 is 0 Å². The van der Waals surface area contributed by atoms with Gasteiger partial charge in [0.2, 0.25) is 10.0 Å². The fourth-order valence-corrected chi connectivity index (χ4v) is 3.49. The van der Waals surface area contributed by atoms with E-state index in [1.807, 2.05) is 26.0 Å². The summed E-state index contributed by atoms with van der Waals surface area (Å²) >= 11 is 0. The van der Waals surface area contributed by atoms with Crippen LogP contribution >= 0.6 is 0 Å². The summed E-state index contributed by atoms with van der Waals surface area (Å²) in [6, 6.07) is 11.7. The van der Waals surface area contributed by atoms with Gasteiger partial charge < -0.3 is 10.1 Å². The minimum Gasteiger partial charge on any atom is -0.496 e. The molecule has 0 spiro atoms. The van der Waals surface area contributed by atoms with Crippen molar-refractivity contribution >= 4 is 15.9 Å². The Bertz CT molecular complexity index is 892. The van der Waals surface area contributed by atoms with E-state index < -0.39 is 10.0 Å². The van der Waals surface area contributed by atoms with Crippen LogP contribution in [0, 0.1) is 6.92 Å². The molecule has 0 fully saturated rings. The lowest BCUT2D eigenvalue weighted by Crippen LogP contribution is -2.31. The number of nitrogens with one attached hydrogen (secondary N) is 2. The SMILES string of the molecule is COc1ccccc1CNS(=O)(=O)c1ccc(C)c(C(=O)NC(C)C)c1. The van der Waals surface area contributed by atoms with Gasteiger partial charge in [-0.3, -0.25) is 4.79 Å². The summed E-state index contributed by atoms with van der Waals surface area (Å²) in [6.45, 7) is 5.56. The Kier molecular flexibility index (Phi) is 6.39. The molecule has 2 N–H and O–H groups in total. The zero-order valence-corrected chi connectivity index (χ0v) is 16.2. The lowest BCUT2D eigenvalue weighted by molar-refractivity contribution is 0.0942. The number of hydrogen-bond acceptors (Lipinski definition) is 4. The van der Waals surface area contributed by atoms with Gasteiger partial charge in [-0.15, -0.1) is 0 Å². The summed E-state index contributed by atoms with van der Waals surface area (Å²) in [4.78, 5) is 12.3. The number of benzene rings is 2. The van der Waals surface area contributed by atoms with Crippen molar-refractivity contribution in [1.29, 1.82) is 0 Å². The van der Waals surface area contributed by atoms with Crippen LogP contribution in [0.15, 0.2) is 47.4 Å². The Morgan fingerprint density at radius 1 is 1.15 bits per heavy atom. The van der Waals surface area contributed by atoms with Crippen molar-refractivity contribution in [1.82, 2.24) is 10.0 Å². The molecule has 0 unspecified atom stereocenters. The van der Waals surface area contributed by atoms with E-state index in [1.54, 1.807) is 25.1 Å². The molecule has 2 rings (SSSR count). The van der Waals surface area contributed by atoms with Crippen LogP contribution in [0.5, 0.6) is 5.75 Å². The van der Waals surface area contributed by atoms with E-state index in [0.29, 0.717) is 16.9 Å². The molecule has 26 heavy (non-hydrogen) atoms. The minimum atomic E-state index is -3.77. The number of methoxy groups -OCH3 is 1. The van der Waals surface area contributed by atoms with Crippen molar-refractivity contribution in [3.8, 4) is 5.75 Å². The van der Waals surface area contributed by atoms with Crippen LogP contribution in [0.4, 0.5) is 0 Å². The third-order valence-corrected chi connectivity index (χ3v) is 5.23. The first-order valence-corrected chi connectivity index (χ1v) is 9.76. The van der Waals surface area contributed by atoms with Crippen LogP contribution in [-0.2, 0) is 16.6 Å². The number of aryl methyl sites for hydroxylation is 1. The van der Waals surface area contributed by atoms with E-state index in [9.17, 15) is 13.2 Å². The molecule has 0 bridgehead atoms. The second kappa shape index (κ2) is 8.33. The van der Waals surface area contributed by atoms with Crippen molar-refractivity contribution < 1.29 is 17.9 Å². The van der Waals surface area contributed by atoms with Crippen molar-refractivity contribution in [3.63, 3.8) is 0 Å². The fraction of sp³-hybridized carbons (Fsp3) is 0.316. The summed E-state index contributed by atoms with van der Waals surface area (Å²) in [5, 5.41) is 2.78. The molecule has 2 aromatic carbocycles. The van der Waals surface area contributed by atoms with Gasteiger partial charge in [0.25, 0.3) is 5.91 Å². The zero-order valence-electron chi connectivity index (χ0n) is 15.4. The first kappa shape index (κ1) is 19.9. The third kappa shape index (κ3) is 4.83. The smallest absolute Gasteiger partial charge is 0.251 e. The van der Waals surface area contributed by atoms with Gasteiger partial charge in [-0.25, -0.2) is 13.1 Å². The van der Waals surface area contributed by atoms with Gasteiger partial charge in [0.1, 0.15) is 5.75 Å². The predicted octanol–water partition coefficient (Wildman–Crippen LogP) is 2.62. The van der Waals surface area contributed by atoms with Crippen LogP contribution < -0.4 is 14.8 Å². The highest BCUT2D eigenvalue weighted by atomic mass is 32.2. The molecular weight excluding hydrogens is 352 g/mol. The summed E-state index contributed by atoms with van der Waals surface area (Å²) in [7, 11) is -2.24. The Balaban J connectivity index is 2.24. The monoisotopic (exact) mass is 376 g/mol. The van der Waals surface area contributed by atoms with Crippen LogP contribution in [-0.4, -0.2) is 27.5 Å². The number of amides is 1. The van der Waals surface area contributed by atoms with Crippen LogP contribution in [0.25, 0.3) is 0 Å². The second-order valence-electron chi connectivity index (χ2n) is 6.24. The van der Waals surface area contributed by atoms with Crippen LogP contribution in [0.1, 0.15) is 35.3 Å². The molecule has 0 aliphatic carbocycles. The number of hydrogen-bond donors (Lipinski definition) is 2. The molecule has 1 amide bonds. The van der Waals surface area contributed by atoms with Crippen LogP contribution in [0.2, 0.25) is 0 Å². The van der Waals surface area contributed by atoms with E-state index in [0.717, 1.165) is 5.56 Å². The number of para-hydroxylation sites is 1. The largest absolute Gasteiger partial charge is 0.496 e. The number of ether oxygens (including phenoxy) is 1. The van der Waals surface area contributed by atoms with Gasteiger partial charge in [0.15, 0.2) is 0 Å². The van der Waals surface area contributed by atoms with Gasteiger partial charge in [-0.05, 0) is 44.5 Å². The van der Waals surface area contributed by atoms with Gasteiger partial charge in [-0.1, -0.05) is 24.3 Å². The van der Waals surface area contributed by atoms with E-state index in [4.69, 9.17) is 4.74 Å². The quantitative estimate of drug-likeness (QED) is 0.778. The van der Waals surface area contributed by atoms with E-state index in [-0.39, 0.29) is 23.4 Å². The maximum absolute atomic E-state index is 12.6. The van der Waals surface area contributed by atoms with Gasteiger partial charge in [0, 0.05) is 23.7 Å². The standard InChI is InChI=1S/C19H24N2O4S/c1-13(2)21-19(22)17-11-16(10-9-14(17)3)26(23,24)20-12-15-7-5-6-8-18(15)25-4/h5-11,13,20H,12H2,1-4H3,(H,21,22). The molecule has 6 nitrogen and oxygen atoms in total. The Morgan fingerprint density at radius 3 is 2.50 bits per heavy atom. The van der Waals surface area contributed by atoms with Crippen molar-refractivity contribution in [2.24, 2.45) is 0 Å². The second-order valence-corrected chi connectivity index (χ2v) is 8.01. The first-order valence-electron chi connectivity index (χ1n) is 8.27.